The van der Waals surface area contributed by atoms with Gasteiger partial charge in [-0.25, -0.2) is 0 Å². The first-order valence-corrected chi connectivity index (χ1v) is 27.5. The Bertz CT molecular complexity index is 4530. The Labute approximate surface area is 460 Å². The van der Waals surface area contributed by atoms with E-state index in [1.54, 1.807) is 0 Å². The van der Waals surface area contributed by atoms with Gasteiger partial charge in [-0.2, -0.15) is 0 Å². The Morgan fingerprint density at radius 1 is 0.291 bits per heavy atom. The van der Waals surface area contributed by atoms with Gasteiger partial charge in [0.2, 0.25) is 0 Å². The number of para-hydroxylation sites is 3. The second-order valence-electron chi connectivity index (χ2n) is 21.9. The van der Waals surface area contributed by atoms with Crippen LogP contribution in [0.25, 0.3) is 77.6 Å². The van der Waals surface area contributed by atoms with Gasteiger partial charge in [0.25, 0.3) is 0 Å². The highest BCUT2D eigenvalue weighted by molar-refractivity contribution is 6.11. The molecule has 0 aliphatic heterocycles. The lowest BCUT2D eigenvalue weighted by molar-refractivity contribution is 0.659. The summed E-state index contributed by atoms with van der Waals surface area (Å²) in [4.78, 5) is 4.84. The smallest absolute Gasteiger partial charge is 0.159 e. The number of benzene rings is 12. The van der Waals surface area contributed by atoms with Crippen molar-refractivity contribution in [3.63, 3.8) is 0 Å². The van der Waals surface area contributed by atoms with Gasteiger partial charge in [-0.15, -0.1) is 0 Å². The first kappa shape index (κ1) is 45.3. The highest BCUT2D eigenvalue weighted by Gasteiger charge is 2.53. The van der Waals surface area contributed by atoms with Crippen LogP contribution in [0.5, 0.6) is 0 Å². The first-order valence-electron chi connectivity index (χ1n) is 27.5. The summed E-state index contributed by atoms with van der Waals surface area (Å²) < 4.78 is 7.00. The summed E-state index contributed by atoms with van der Waals surface area (Å²) in [6.07, 6.45) is 0. The minimum atomic E-state index is -0.428. The largest absolute Gasteiger partial charge is 0.454 e. The monoisotopic (exact) mass is 1010 g/mol. The third-order valence-corrected chi connectivity index (χ3v) is 17.4. The van der Waals surface area contributed by atoms with E-state index in [1.165, 1.54) is 77.9 Å². The molecule has 372 valence electrons. The third-order valence-electron chi connectivity index (χ3n) is 17.4. The highest BCUT2D eigenvalue weighted by Crippen LogP contribution is 2.66. The van der Waals surface area contributed by atoms with E-state index in [2.05, 4.69) is 303 Å². The molecule has 3 aliphatic rings. The fraction of sp³-hybridized carbons (Fsp3) is 0.0526. The highest BCUT2D eigenvalue weighted by atomic mass is 16.3. The molecule has 3 nitrogen and oxygen atoms in total. The van der Waals surface area contributed by atoms with Crippen LogP contribution in [0.3, 0.4) is 0 Å². The number of anilines is 6. The molecule has 16 rings (SSSR count). The molecule has 79 heavy (non-hydrogen) atoms. The van der Waals surface area contributed by atoms with Gasteiger partial charge in [-0.1, -0.05) is 226 Å². The van der Waals surface area contributed by atoms with Crippen molar-refractivity contribution in [1.82, 2.24) is 0 Å². The zero-order valence-corrected chi connectivity index (χ0v) is 43.9. The van der Waals surface area contributed by atoms with Crippen molar-refractivity contribution >= 4 is 56.1 Å². The number of hydrogen-bond acceptors (Lipinski definition) is 3. The summed E-state index contributed by atoms with van der Waals surface area (Å²) in [5.41, 5.74) is 27.7. The van der Waals surface area contributed by atoms with Crippen LogP contribution in [0.4, 0.5) is 34.1 Å². The van der Waals surface area contributed by atoms with Gasteiger partial charge in [-0.05, 0) is 156 Å². The molecule has 0 saturated heterocycles. The molecular formula is C76H52N2O. The van der Waals surface area contributed by atoms with Crippen LogP contribution in [0, 0.1) is 0 Å². The maximum atomic E-state index is 7.00. The maximum Gasteiger partial charge on any atom is 0.159 e. The summed E-state index contributed by atoms with van der Waals surface area (Å²) in [6, 6.07) is 103. The molecule has 1 aromatic heterocycles. The summed E-state index contributed by atoms with van der Waals surface area (Å²) >= 11 is 0. The molecular weight excluding hydrogens is 957 g/mol. The molecule has 0 unspecified atom stereocenters. The topological polar surface area (TPSA) is 19.6 Å². The Morgan fingerprint density at radius 2 is 0.785 bits per heavy atom. The maximum absolute atomic E-state index is 7.00. The molecule has 12 aromatic carbocycles. The van der Waals surface area contributed by atoms with Crippen molar-refractivity contribution < 1.29 is 4.42 Å². The standard InChI is InChI=1S/C76H52N2O/c1-75(2)67-43-44-68-73(62-30-14-18-34-66(62)76(68)64-32-16-12-27-58(64)59-28-13-17-33-65(59)76)72(67)63-42-41-55(48-69(63)75)78(70-35-20-31-61-60-29-15-19-36-71(60)79-74(61)70)57-46-52(50-23-8-4-9-24-50)45-56(47-57)77(53-25-10-5-11-26-53)54-39-37-51(38-40-54)49-21-6-3-7-22-49/h3-48H,1-2H3. The number of fused-ring (bicyclic) bond motifs is 17. The summed E-state index contributed by atoms with van der Waals surface area (Å²) in [6.45, 7) is 4.84. The Hall–Kier alpha value is -9.96. The van der Waals surface area contributed by atoms with Crippen molar-refractivity contribution in [2.45, 2.75) is 24.7 Å². The van der Waals surface area contributed by atoms with Crippen molar-refractivity contribution in [3.8, 4) is 55.6 Å². The van der Waals surface area contributed by atoms with Crippen LogP contribution in [0.2, 0.25) is 0 Å². The van der Waals surface area contributed by atoms with Gasteiger partial charge in [0.15, 0.2) is 5.58 Å². The van der Waals surface area contributed by atoms with E-state index in [0.29, 0.717) is 0 Å². The predicted molar refractivity (Wildman–Crippen MR) is 328 cm³/mol. The van der Waals surface area contributed by atoms with Gasteiger partial charge < -0.3 is 14.2 Å². The lowest BCUT2D eigenvalue weighted by atomic mass is 9.70. The van der Waals surface area contributed by atoms with Gasteiger partial charge in [0.1, 0.15) is 5.58 Å². The fourth-order valence-electron chi connectivity index (χ4n) is 14.0. The Balaban J connectivity index is 0.933. The number of nitrogens with zero attached hydrogens (tertiary/aromatic N) is 2. The molecule has 0 bridgehead atoms. The van der Waals surface area contributed by atoms with E-state index in [4.69, 9.17) is 4.42 Å². The SMILES string of the molecule is CC1(C)c2cc(N(c3cc(-c4ccccc4)cc(N(c4ccccc4)c4ccc(-c5ccccc5)cc4)c3)c3cccc4c3oc3ccccc34)ccc2-c2c1ccc1c2-c2ccccc2C12c1ccccc1-c1ccccc12. The molecule has 0 fully saturated rings. The van der Waals surface area contributed by atoms with E-state index in [-0.39, 0.29) is 5.41 Å². The molecule has 1 heterocycles. The second-order valence-corrected chi connectivity index (χ2v) is 21.9. The average Bonchev–Trinajstić information content (AvgIpc) is 2.37. The van der Waals surface area contributed by atoms with E-state index in [0.717, 1.165) is 67.2 Å². The van der Waals surface area contributed by atoms with Crippen molar-refractivity contribution in [3.05, 3.63) is 312 Å². The van der Waals surface area contributed by atoms with Crippen LogP contribution in [-0.2, 0) is 10.8 Å². The lowest BCUT2D eigenvalue weighted by Crippen LogP contribution is -2.26. The van der Waals surface area contributed by atoms with E-state index in [1.807, 2.05) is 0 Å². The van der Waals surface area contributed by atoms with Gasteiger partial charge in [0, 0.05) is 44.6 Å². The van der Waals surface area contributed by atoms with Crippen LogP contribution in [-0.4, -0.2) is 0 Å². The number of hydrogen-bond donors (Lipinski definition) is 0. The van der Waals surface area contributed by atoms with E-state index < -0.39 is 5.41 Å². The molecule has 1 spiro atoms. The van der Waals surface area contributed by atoms with E-state index in [9.17, 15) is 0 Å². The normalized spacial score (nSPS) is 13.6. The minimum absolute atomic E-state index is 0.337. The molecule has 0 amide bonds. The van der Waals surface area contributed by atoms with Crippen LogP contribution < -0.4 is 9.80 Å². The number of furan rings is 1. The fourth-order valence-corrected chi connectivity index (χ4v) is 14.0. The molecule has 0 radical (unpaired) electrons. The zero-order chi connectivity index (χ0) is 52.4. The summed E-state index contributed by atoms with van der Waals surface area (Å²) in [5, 5.41) is 2.17. The van der Waals surface area contributed by atoms with Crippen molar-refractivity contribution in [2.75, 3.05) is 9.80 Å². The molecule has 0 N–H and O–H groups in total. The van der Waals surface area contributed by atoms with Crippen molar-refractivity contribution in [1.29, 1.82) is 0 Å². The van der Waals surface area contributed by atoms with Crippen LogP contribution in [0.15, 0.2) is 283 Å². The third kappa shape index (κ3) is 6.60. The van der Waals surface area contributed by atoms with Crippen molar-refractivity contribution in [2.24, 2.45) is 0 Å². The first-order chi connectivity index (χ1) is 38.9. The molecule has 3 aliphatic carbocycles. The van der Waals surface area contributed by atoms with Crippen LogP contribution >= 0.6 is 0 Å². The molecule has 0 atom stereocenters. The summed E-state index contributed by atoms with van der Waals surface area (Å²) in [5.74, 6) is 0. The second kappa shape index (κ2) is 17.3. The Morgan fingerprint density at radius 3 is 1.48 bits per heavy atom. The van der Waals surface area contributed by atoms with Gasteiger partial charge in [0.05, 0.1) is 11.1 Å². The minimum Gasteiger partial charge on any atom is -0.454 e. The van der Waals surface area contributed by atoms with Gasteiger partial charge >= 0.3 is 0 Å². The molecule has 3 heteroatoms. The van der Waals surface area contributed by atoms with E-state index >= 15 is 0 Å². The molecule has 0 saturated carbocycles. The van der Waals surface area contributed by atoms with Gasteiger partial charge in [-0.3, -0.25) is 0 Å². The predicted octanol–water partition coefficient (Wildman–Crippen LogP) is 20.5. The molecule has 13 aromatic rings. The average molecular weight is 1010 g/mol. The Kier molecular flexibility index (Phi) is 9.90. The number of rotatable bonds is 8. The van der Waals surface area contributed by atoms with Crippen LogP contribution in [0.1, 0.15) is 47.2 Å². The lowest BCUT2D eigenvalue weighted by Gasteiger charge is -2.31. The summed E-state index contributed by atoms with van der Waals surface area (Å²) in [7, 11) is 0. The zero-order valence-electron chi connectivity index (χ0n) is 43.9. The quantitative estimate of drug-likeness (QED) is 0.151.